The van der Waals surface area contributed by atoms with Crippen LogP contribution >= 0.6 is 0 Å². The minimum absolute atomic E-state index is 0. The SMILES string of the molecule is C[C@H]1CNCCN1.[HH]. The topological polar surface area (TPSA) is 24.1 Å². The molecule has 0 aromatic carbocycles. The molecule has 0 aromatic rings. The van der Waals surface area contributed by atoms with Crippen LogP contribution in [0.3, 0.4) is 0 Å². The lowest BCUT2D eigenvalue weighted by atomic mass is 10.3. The van der Waals surface area contributed by atoms with Crippen molar-refractivity contribution >= 4 is 0 Å². The van der Waals surface area contributed by atoms with Crippen LogP contribution < -0.4 is 10.6 Å². The van der Waals surface area contributed by atoms with Gasteiger partial charge >= 0.3 is 0 Å². The zero-order valence-corrected chi connectivity index (χ0v) is 4.70. The number of piperazine rings is 1. The van der Waals surface area contributed by atoms with Crippen molar-refractivity contribution in [1.29, 1.82) is 0 Å². The van der Waals surface area contributed by atoms with Gasteiger partial charge in [-0.2, -0.15) is 0 Å². The van der Waals surface area contributed by atoms with Crippen LogP contribution in [-0.4, -0.2) is 25.7 Å². The zero-order chi connectivity index (χ0) is 5.11. The summed E-state index contributed by atoms with van der Waals surface area (Å²) in [6.45, 7) is 5.57. The quantitative estimate of drug-likeness (QED) is 0.443. The van der Waals surface area contributed by atoms with E-state index in [9.17, 15) is 0 Å². The van der Waals surface area contributed by atoms with Crippen LogP contribution in [0.2, 0.25) is 0 Å². The van der Waals surface area contributed by atoms with E-state index >= 15 is 0 Å². The lowest BCUT2D eigenvalue weighted by molar-refractivity contribution is 0.442. The van der Waals surface area contributed by atoms with E-state index in [2.05, 4.69) is 17.6 Å². The molecule has 44 valence electrons. The summed E-state index contributed by atoms with van der Waals surface area (Å²) >= 11 is 0. The molecule has 1 rings (SSSR count). The molecule has 1 heterocycles. The largest absolute Gasteiger partial charge is 0.314 e. The summed E-state index contributed by atoms with van der Waals surface area (Å²) in [5, 5.41) is 6.59. The Labute approximate surface area is 45.8 Å². The molecule has 2 N–H and O–H groups in total. The number of rotatable bonds is 0. The standard InChI is InChI=1S/C5H12N2.H2/c1-5-4-6-2-3-7-5;/h5-7H,2-4H2,1H3;1H/t5-;/m0./s1. The fourth-order valence-corrected chi connectivity index (χ4v) is 0.798. The van der Waals surface area contributed by atoms with E-state index in [1.54, 1.807) is 0 Å². The molecule has 0 saturated carbocycles. The van der Waals surface area contributed by atoms with Crippen LogP contribution in [0.5, 0.6) is 0 Å². The summed E-state index contributed by atoms with van der Waals surface area (Å²) in [5.74, 6) is 0. The fourth-order valence-electron chi connectivity index (χ4n) is 0.798. The van der Waals surface area contributed by atoms with E-state index in [1.165, 1.54) is 0 Å². The van der Waals surface area contributed by atoms with Gasteiger partial charge in [-0.1, -0.05) is 0 Å². The second-order valence-electron chi connectivity index (χ2n) is 2.06. The second-order valence-corrected chi connectivity index (χ2v) is 2.06. The first-order valence-electron chi connectivity index (χ1n) is 2.83. The highest BCUT2D eigenvalue weighted by Crippen LogP contribution is 1.80. The number of hydrogen-bond donors (Lipinski definition) is 2. The molecule has 0 spiro atoms. The molecule has 1 aliphatic heterocycles. The second kappa shape index (κ2) is 2.28. The first kappa shape index (κ1) is 5.06. The van der Waals surface area contributed by atoms with Gasteiger partial charge in [-0.25, -0.2) is 0 Å². The van der Waals surface area contributed by atoms with Gasteiger partial charge in [0.2, 0.25) is 0 Å². The van der Waals surface area contributed by atoms with Crippen molar-refractivity contribution in [3.05, 3.63) is 0 Å². The molecule has 1 saturated heterocycles. The molecule has 1 aliphatic rings. The summed E-state index contributed by atoms with van der Waals surface area (Å²) in [6, 6.07) is 0.675. The van der Waals surface area contributed by atoms with Crippen molar-refractivity contribution < 1.29 is 1.43 Å². The summed E-state index contributed by atoms with van der Waals surface area (Å²) in [6.07, 6.45) is 0. The minimum atomic E-state index is 0. The Bertz CT molecular complexity index is 52.4. The third-order valence-electron chi connectivity index (χ3n) is 1.25. The predicted molar refractivity (Wildman–Crippen MR) is 32.4 cm³/mol. The van der Waals surface area contributed by atoms with Crippen molar-refractivity contribution in [3.63, 3.8) is 0 Å². The average molecular weight is 102 g/mol. The molecular weight excluding hydrogens is 88.1 g/mol. The van der Waals surface area contributed by atoms with E-state index in [0.717, 1.165) is 19.6 Å². The average Bonchev–Trinajstić information content (AvgIpc) is 1.69. The van der Waals surface area contributed by atoms with Crippen LogP contribution in [0.15, 0.2) is 0 Å². The number of hydrogen-bond acceptors (Lipinski definition) is 2. The Morgan fingerprint density at radius 3 is 2.71 bits per heavy atom. The maximum absolute atomic E-state index is 3.32. The molecule has 0 unspecified atom stereocenters. The molecule has 0 aromatic heterocycles. The van der Waals surface area contributed by atoms with Crippen LogP contribution in [-0.2, 0) is 0 Å². The van der Waals surface area contributed by atoms with Crippen molar-refractivity contribution in [3.8, 4) is 0 Å². The van der Waals surface area contributed by atoms with Gasteiger partial charge in [-0.15, -0.1) is 0 Å². The Morgan fingerprint density at radius 2 is 2.43 bits per heavy atom. The molecule has 7 heavy (non-hydrogen) atoms. The van der Waals surface area contributed by atoms with Gasteiger partial charge in [0.1, 0.15) is 0 Å². The van der Waals surface area contributed by atoms with Gasteiger partial charge in [0.15, 0.2) is 0 Å². The highest BCUT2D eigenvalue weighted by Gasteiger charge is 2.03. The predicted octanol–water partition coefficient (Wildman–Crippen LogP) is -0.186. The molecule has 2 nitrogen and oxygen atoms in total. The smallest absolute Gasteiger partial charge is 0.0164 e. The first-order valence-corrected chi connectivity index (χ1v) is 2.83. The fraction of sp³-hybridized carbons (Fsp3) is 1.00. The van der Waals surface area contributed by atoms with Crippen LogP contribution in [0, 0.1) is 0 Å². The van der Waals surface area contributed by atoms with E-state index in [-0.39, 0.29) is 1.43 Å². The van der Waals surface area contributed by atoms with Crippen molar-refractivity contribution in [1.82, 2.24) is 10.6 Å². The van der Waals surface area contributed by atoms with Gasteiger partial charge in [-0.05, 0) is 6.92 Å². The Balaban J connectivity index is 0.000000490. The van der Waals surface area contributed by atoms with Gasteiger partial charge in [0.25, 0.3) is 0 Å². The normalized spacial score (nSPS) is 33.0. The number of nitrogens with one attached hydrogen (secondary N) is 2. The van der Waals surface area contributed by atoms with Crippen molar-refractivity contribution in [2.75, 3.05) is 19.6 Å². The van der Waals surface area contributed by atoms with Gasteiger partial charge < -0.3 is 10.6 Å². The van der Waals surface area contributed by atoms with E-state index in [1.807, 2.05) is 0 Å². The van der Waals surface area contributed by atoms with Crippen molar-refractivity contribution in [2.24, 2.45) is 0 Å². The third kappa shape index (κ3) is 1.45. The lowest BCUT2D eigenvalue weighted by Gasteiger charge is -2.19. The first-order chi connectivity index (χ1) is 3.39. The molecule has 1 atom stereocenters. The van der Waals surface area contributed by atoms with E-state index in [4.69, 9.17) is 0 Å². The molecular formula is C5H14N2. The Morgan fingerprint density at radius 1 is 1.57 bits per heavy atom. The summed E-state index contributed by atoms with van der Waals surface area (Å²) in [4.78, 5) is 0. The van der Waals surface area contributed by atoms with Crippen molar-refractivity contribution in [2.45, 2.75) is 13.0 Å². The van der Waals surface area contributed by atoms with E-state index in [0.29, 0.717) is 6.04 Å². The van der Waals surface area contributed by atoms with Gasteiger partial charge in [0, 0.05) is 27.1 Å². The maximum atomic E-state index is 3.32. The molecule has 0 radical (unpaired) electrons. The molecule has 2 heteroatoms. The zero-order valence-electron chi connectivity index (χ0n) is 4.70. The van der Waals surface area contributed by atoms with Crippen LogP contribution in [0.4, 0.5) is 0 Å². The Kier molecular flexibility index (Phi) is 1.65. The van der Waals surface area contributed by atoms with Crippen LogP contribution in [0.25, 0.3) is 0 Å². The summed E-state index contributed by atoms with van der Waals surface area (Å²) < 4.78 is 0. The van der Waals surface area contributed by atoms with Crippen LogP contribution in [0.1, 0.15) is 8.35 Å². The van der Waals surface area contributed by atoms with Gasteiger partial charge in [-0.3, -0.25) is 0 Å². The Hall–Kier alpha value is -0.0800. The summed E-state index contributed by atoms with van der Waals surface area (Å²) in [5.41, 5.74) is 0. The third-order valence-corrected chi connectivity index (χ3v) is 1.25. The van der Waals surface area contributed by atoms with Gasteiger partial charge in [0.05, 0.1) is 0 Å². The molecule has 0 amide bonds. The van der Waals surface area contributed by atoms with E-state index < -0.39 is 0 Å². The minimum Gasteiger partial charge on any atom is -0.314 e. The highest BCUT2D eigenvalue weighted by molar-refractivity contribution is 4.69. The monoisotopic (exact) mass is 102 g/mol. The molecule has 0 bridgehead atoms. The highest BCUT2D eigenvalue weighted by atomic mass is 15.0. The maximum Gasteiger partial charge on any atom is 0.0164 e. The summed E-state index contributed by atoms with van der Waals surface area (Å²) in [7, 11) is 0. The molecule has 1 fully saturated rings. The lowest BCUT2D eigenvalue weighted by Crippen LogP contribution is -2.46. The molecule has 0 aliphatic carbocycles.